The van der Waals surface area contributed by atoms with Crippen molar-refractivity contribution in [1.29, 1.82) is 0 Å². The fourth-order valence-corrected chi connectivity index (χ4v) is 2.44. The van der Waals surface area contributed by atoms with Crippen molar-refractivity contribution in [3.8, 4) is 0 Å². The molecule has 0 N–H and O–H groups in total. The minimum Gasteiger partial charge on any atom is -0.303 e. The summed E-state index contributed by atoms with van der Waals surface area (Å²) < 4.78 is 0. The zero-order valence-corrected chi connectivity index (χ0v) is 16.9. The molecule has 0 aromatic heterocycles. The normalized spacial score (nSPS) is 14.0. The number of likely N-dealkylation sites (N-methyl/N-ethyl adjacent to an activating group) is 1. The summed E-state index contributed by atoms with van der Waals surface area (Å²) in [4.78, 5) is 2.32. The number of allylic oxidation sites excluding steroid dienone is 6. The predicted octanol–water partition coefficient (Wildman–Crippen LogP) is 6.69. The Morgan fingerprint density at radius 3 is 1.65 bits per heavy atom. The molecule has 0 amide bonds. The SMILES string of the molecule is CC(C)=CCCC(C)=CCC(C=C(C)CCC=C(C)C)N(C)C. The molecule has 0 rings (SSSR count). The minimum atomic E-state index is 0.500. The molecule has 1 atom stereocenters. The van der Waals surface area contributed by atoms with Gasteiger partial charge >= 0.3 is 0 Å². The molecule has 23 heavy (non-hydrogen) atoms. The molecule has 0 aliphatic carbocycles. The first-order valence-electron chi connectivity index (χ1n) is 8.98. The van der Waals surface area contributed by atoms with Crippen LogP contribution in [0.5, 0.6) is 0 Å². The fraction of sp³-hybridized carbons (Fsp3) is 0.636. The van der Waals surface area contributed by atoms with E-state index < -0.39 is 0 Å². The third kappa shape index (κ3) is 13.1. The highest BCUT2D eigenvalue weighted by Crippen LogP contribution is 2.14. The molecule has 0 saturated heterocycles. The molecule has 0 aliphatic rings. The lowest BCUT2D eigenvalue weighted by Crippen LogP contribution is -2.25. The summed E-state index contributed by atoms with van der Waals surface area (Å²) >= 11 is 0. The van der Waals surface area contributed by atoms with Crippen molar-refractivity contribution < 1.29 is 0 Å². The van der Waals surface area contributed by atoms with Gasteiger partial charge in [-0.05, 0) is 87.7 Å². The first kappa shape index (κ1) is 21.9. The van der Waals surface area contributed by atoms with Gasteiger partial charge in [-0.15, -0.1) is 0 Å². The van der Waals surface area contributed by atoms with E-state index in [9.17, 15) is 0 Å². The molecule has 0 radical (unpaired) electrons. The lowest BCUT2D eigenvalue weighted by atomic mass is 10.0. The van der Waals surface area contributed by atoms with Crippen LogP contribution in [0.3, 0.4) is 0 Å². The second-order valence-corrected chi connectivity index (χ2v) is 7.47. The van der Waals surface area contributed by atoms with Gasteiger partial charge in [-0.25, -0.2) is 0 Å². The zero-order valence-electron chi connectivity index (χ0n) is 16.9. The lowest BCUT2D eigenvalue weighted by Gasteiger charge is -2.21. The molecule has 0 spiro atoms. The Bertz CT molecular complexity index is 439. The van der Waals surface area contributed by atoms with Crippen LogP contribution >= 0.6 is 0 Å². The first-order valence-corrected chi connectivity index (χ1v) is 8.98. The summed E-state index contributed by atoms with van der Waals surface area (Å²) in [6.45, 7) is 13.2. The predicted molar refractivity (Wildman–Crippen MR) is 107 cm³/mol. The zero-order chi connectivity index (χ0) is 17.8. The molecular formula is C22H39N. The molecule has 0 aromatic rings. The minimum absolute atomic E-state index is 0.500. The standard InChI is InChI=1S/C22H39N/c1-18(2)11-9-13-20(5)15-16-22(23(7)8)17-21(6)14-10-12-19(3)4/h11-12,15,17,22H,9-10,13-14,16H2,1-8H3. The van der Waals surface area contributed by atoms with Crippen molar-refractivity contribution >= 4 is 0 Å². The highest BCUT2D eigenvalue weighted by Gasteiger charge is 2.07. The average molecular weight is 318 g/mol. The second kappa shape index (κ2) is 12.4. The summed E-state index contributed by atoms with van der Waals surface area (Å²) in [6, 6.07) is 0.500. The largest absolute Gasteiger partial charge is 0.303 e. The van der Waals surface area contributed by atoms with Crippen LogP contribution in [0.15, 0.2) is 46.6 Å². The Morgan fingerprint density at radius 2 is 1.22 bits per heavy atom. The van der Waals surface area contributed by atoms with Gasteiger partial charge in [-0.1, -0.05) is 46.6 Å². The summed E-state index contributed by atoms with van der Waals surface area (Å²) in [5, 5.41) is 0. The van der Waals surface area contributed by atoms with Gasteiger partial charge in [-0.2, -0.15) is 0 Å². The Labute approximate surface area is 145 Å². The van der Waals surface area contributed by atoms with Crippen LogP contribution in [0, 0.1) is 0 Å². The Balaban J connectivity index is 4.56. The number of rotatable bonds is 10. The second-order valence-electron chi connectivity index (χ2n) is 7.47. The molecule has 0 aliphatic heterocycles. The van der Waals surface area contributed by atoms with Crippen molar-refractivity contribution in [3.63, 3.8) is 0 Å². The molecule has 0 fully saturated rings. The van der Waals surface area contributed by atoms with Crippen molar-refractivity contribution in [2.45, 2.75) is 79.7 Å². The molecule has 0 saturated carbocycles. The summed E-state index contributed by atoms with van der Waals surface area (Å²) in [5.74, 6) is 0. The van der Waals surface area contributed by atoms with E-state index in [4.69, 9.17) is 0 Å². The van der Waals surface area contributed by atoms with Crippen LogP contribution in [-0.4, -0.2) is 25.0 Å². The van der Waals surface area contributed by atoms with E-state index in [1.165, 1.54) is 35.1 Å². The van der Waals surface area contributed by atoms with Gasteiger partial charge < -0.3 is 4.90 Å². The molecule has 0 heterocycles. The van der Waals surface area contributed by atoms with E-state index in [1.54, 1.807) is 0 Å². The van der Waals surface area contributed by atoms with Gasteiger partial charge in [0.15, 0.2) is 0 Å². The highest BCUT2D eigenvalue weighted by atomic mass is 15.1. The van der Waals surface area contributed by atoms with E-state index in [-0.39, 0.29) is 0 Å². The van der Waals surface area contributed by atoms with Crippen molar-refractivity contribution in [3.05, 3.63) is 46.6 Å². The number of hydrogen-bond acceptors (Lipinski definition) is 1. The van der Waals surface area contributed by atoms with Crippen LogP contribution in [0.4, 0.5) is 0 Å². The number of nitrogens with zero attached hydrogens (tertiary/aromatic N) is 1. The third-order valence-electron chi connectivity index (χ3n) is 4.03. The Hall–Kier alpha value is -1.08. The van der Waals surface area contributed by atoms with E-state index in [1.807, 2.05) is 0 Å². The van der Waals surface area contributed by atoms with Crippen LogP contribution in [-0.2, 0) is 0 Å². The van der Waals surface area contributed by atoms with Crippen molar-refractivity contribution in [1.82, 2.24) is 4.90 Å². The molecule has 1 nitrogen and oxygen atoms in total. The molecule has 0 aromatic carbocycles. The quantitative estimate of drug-likeness (QED) is 0.406. The Morgan fingerprint density at radius 1 is 0.739 bits per heavy atom. The monoisotopic (exact) mass is 317 g/mol. The van der Waals surface area contributed by atoms with E-state index >= 15 is 0 Å². The van der Waals surface area contributed by atoms with Crippen LogP contribution in [0.25, 0.3) is 0 Å². The van der Waals surface area contributed by atoms with Crippen molar-refractivity contribution in [2.75, 3.05) is 14.1 Å². The molecular weight excluding hydrogens is 278 g/mol. The van der Waals surface area contributed by atoms with Gasteiger partial charge in [-0.3, -0.25) is 0 Å². The van der Waals surface area contributed by atoms with Crippen molar-refractivity contribution in [2.24, 2.45) is 0 Å². The maximum atomic E-state index is 2.44. The van der Waals surface area contributed by atoms with Crippen LogP contribution in [0.2, 0.25) is 0 Å². The summed E-state index contributed by atoms with van der Waals surface area (Å²) in [7, 11) is 4.35. The molecule has 0 bridgehead atoms. The molecule has 1 unspecified atom stereocenters. The van der Waals surface area contributed by atoms with E-state index in [2.05, 4.69) is 84.8 Å². The third-order valence-corrected chi connectivity index (χ3v) is 4.03. The topological polar surface area (TPSA) is 3.24 Å². The van der Waals surface area contributed by atoms with Gasteiger partial charge in [0.1, 0.15) is 0 Å². The lowest BCUT2D eigenvalue weighted by molar-refractivity contribution is 0.343. The van der Waals surface area contributed by atoms with Crippen LogP contribution < -0.4 is 0 Å². The van der Waals surface area contributed by atoms with Gasteiger partial charge in [0.05, 0.1) is 0 Å². The highest BCUT2D eigenvalue weighted by molar-refractivity contribution is 5.10. The summed E-state index contributed by atoms with van der Waals surface area (Å²) in [5.41, 5.74) is 5.83. The van der Waals surface area contributed by atoms with Gasteiger partial charge in [0, 0.05) is 6.04 Å². The number of hydrogen-bond donors (Lipinski definition) is 0. The first-order chi connectivity index (χ1) is 10.7. The Kier molecular flexibility index (Phi) is 11.8. The fourth-order valence-electron chi connectivity index (χ4n) is 2.44. The van der Waals surface area contributed by atoms with Gasteiger partial charge in [0.2, 0.25) is 0 Å². The maximum absolute atomic E-state index is 2.44. The van der Waals surface area contributed by atoms with E-state index in [0.29, 0.717) is 6.04 Å². The van der Waals surface area contributed by atoms with E-state index in [0.717, 1.165) is 19.3 Å². The summed E-state index contributed by atoms with van der Waals surface area (Å²) in [6.07, 6.45) is 15.3. The van der Waals surface area contributed by atoms with Crippen LogP contribution in [0.1, 0.15) is 73.6 Å². The molecule has 1 heteroatoms. The van der Waals surface area contributed by atoms with Gasteiger partial charge in [0.25, 0.3) is 0 Å². The molecule has 132 valence electrons. The average Bonchev–Trinajstić information content (AvgIpc) is 2.42. The smallest absolute Gasteiger partial charge is 0.0309 e. The maximum Gasteiger partial charge on any atom is 0.0309 e.